The number of sulfone groups is 1. The van der Waals surface area contributed by atoms with Crippen LogP contribution in [0.3, 0.4) is 0 Å². The second-order valence-electron chi connectivity index (χ2n) is 11.7. The van der Waals surface area contributed by atoms with E-state index in [1.165, 1.54) is 0 Å². The van der Waals surface area contributed by atoms with Crippen LogP contribution in [-0.4, -0.2) is 8.42 Å². The van der Waals surface area contributed by atoms with Crippen LogP contribution in [0, 0.1) is 37.1 Å². The fourth-order valence-corrected chi connectivity index (χ4v) is 8.03. The predicted octanol–water partition coefficient (Wildman–Crippen LogP) is 11.2. The molecule has 9 heteroatoms. The van der Waals surface area contributed by atoms with E-state index in [1.54, 1.807) is 12.2 Å². The maximum absolute atomic E-state index is 15.5. The highest BCUT2D eigenvalue weighted by molar-refractivity contribution is 9.10. The van der Waals surface area contributed by atoms with Gasteiger partial charge in [0.05, 0.1) is 11.5 Å². The minimum absolute atomic E-state index is 0.0182. The Hall–Kier alpha value is -3.53. The van der Waals surface area contributed by atoms with Gasteiger partial charge in [-0.05, 0) is 108 Å². The van der Waals surface area contributed by atoms with Crippen LogP contribution in [0.2, 0.25) is 0 Å². The summed E-state index contributed by atoms with van der Waals surface area (Å²) in [5.41, 5.74) is 5.47. The van der Waals surface area contributed by atoms with Gasteiger partial charge in [-0.2, -0.15) is 0 Å². The molecule has 0 bridgehead atoms. The SMILES string of the molecule is Cc1cc(C2=CCC=C2c2cc(F)c(CS(=O)(=O)Cc3cc(F)c(C4=CCC=C4c4ccc(Br)c(C)c4)cc3F)cc2F)ccc1Br. The van der Waals surface area contributed by atoms with Crippen molar-refractivity contribution in [2.24, 2.45) is 0 Å². The lowest BCUT2D eigenvalue weighted by Gasteiger charge is -2.15. The summed E-state index contributed by atoms with van der Waals surface area (Å²) < 4.78 is 89.8. The Bertz CT molecular complexity index is 2050. The van der Waals surface area contributed by atoms with Gasteiger partial charge in [-0.25, -0.2) is 26.0 Å². The van der Waals surface area contributed by atoms with Gasteiger partial charge in [-0.15, -0.1) is 0 Å². The van der Waals surface area contributed by atoms with Gasteiger partial charge in [-0.1, -0.05) is 80.4 Å². The van der Waals surface area contributed by atoms with Crippen molar-refractivity contribution in [2.75, 3.05) is 0 Å². The molecule has 0 aliphatic heterocycles. The molecule has 0 N–H and O–H groups in total. The van der Waals surface area contributed by atoms with E-state index >= 15 is 17.6 Å². The largest absolute Gasteiger partial charge is 0.228 e. The lowest BCUT2D eigenvalue weighted by Crippen LogP contribution is -2.12. The zero-order valence-corrected chi connectivity index (χ0v) is 29.4. The van der Waals surface area contributed by atoms with Crippen molar-refractivity contribution in [1.29, 1.82) is 0 Å². The van der Waals surface area contributed by atoms with Crippen molar-refractivity contribution in [3.8, 4) is 0 Å². The molecule has 0 heterocycles. The van der Waals surface area contributed by atoms with Crippen molar-refractivity contribution in [3.63, 3.8) is 0 Å². The van der Waals surface area contributed by atoms with Gasteiger partial charge in [0, 0.05) is 31.2 Å². The quantitative estimate of drug-likeness (QED) is 0.167. The molecule has 2 aliphatic carbocycles. The van der Waals surface area contributed by atoms with Crippen LogP contribution in [0.15, 0.2) is 93.9 Å². The van der Waals surface area contributed by atoms with Gasteiger partial charge in [-0.3, -0.25) is 0 Å². The van der Waals surface area contributed by atoms with E-state index in [1.807, 2.05) is 62.4 Å². The molecular formula is C38H28Br2F4O2S. The summed E-state index contributed by atoms with van der Waals surface area (Å²) in [6.07, 6.45) is 8.52. The van der Waals surface area contributed by atoms with Gasteiger partial charge >= 0.3 is 0 Å². The average Bonchev–Trinajstić information content (AvgIpc) is 3.70. The lowest BCUT2D eigenvalue weighted by molar-refractivity contribution is 0.570. The minimum atomic E-state index is -4.23. The van der Waals surface area contributed by atoms with E-state index in [0.717, 1.165) is 66.6 Å². The first-order chi connectivity index (χ1) is 22.3. The second-order valence-corrected chi connectivity index (χ2v) is 15.5. The summed E-state index contributed by atoms with van der Waals surface area (Å²) in [5.74, 6) is -5.12. The third kappa shape index (κ3) is 6.89. The minimum Gasteiger partial charge on any atom is -0.228 e. The smallest absolute Gasteiger partial charge is 0.158 e. The van der Waals surface area contributed by atoms with Crippen LogP contribution in [0.25, 0.3) is 22.3 Å². The van der Waals surface area contributed by atoms with Gasteiger partial charge in [0.1, 0.15) is 23.3 Å². The number of aryl methyl sites for hydroxylation is 2. The van der Waals surface area contributed by atoms with E-state index in [9.17, 15) is 8.42 Å². The maximum Gasteiger partial charge on any atom is 0.158 e. The summed E-state index contributed by atoms with van der Waals surface area (Å²) in [6.45, 7) is 3.87. The fraction of sp³-hybridized carbons (Fsp3) is 0.158. The van der Waals surface area contributed by atoms with Crippen LogP contribution in [0.5, 0.6) is 0 Å². The molecule has 0 aromatic heterocycles. The Morgan fingerprint density at radius 2 is 0.936 bits per heavy atom. The van der Waals surface area contributed by atoms with E-state index < -0.39 is 44.6 Å². The van der Waals surface area contributed by atoms with Crippen molar-refractivity contribution in [1.82, 2.24) is 0 Å². The molecule has 6 rings (SSSR count). The monoisotopic (exact) mass is 782 g/mol. The molecule has 0 unspecified atom stereocenters. The van der Waals surface area contributed by atoms with E-state index in [2.05, 4.69) is 31.9 Å². The van der Waals surface area contributed by atoms with Crippen molar-refractivity contribution < 1.29 is 26.0 Å². The van der Waals surface area contributed by atoms with Crippen LogP contribution in [-0.2, 0) is 21.3 Å². The predicted molar refractivity (Wildman–Crippen MR) is 188 cm³/mol. The van der Waals surface area contributed by atoms with Crippen LogP contribution < -0.4 is 0 Å². The Balaban J connectivity index is 1.22. The van der Waals surface area contributed by atoms with Gasteiger partial charge in [0.25, 0.3) is 0 Å². The summed E-state index contributed by atoms with van der Waals surface area (Å²) in [4.78, 5) is 0. The molecule has 0 saturated carbocycles. The number of allylic oxidation sites excluding steroid dienone is 8. The van der Waals surface area contributed by atoms with E-state index in [-0.39, 0.29) is 22.3 Å². The van der Waals surface area contributed by atoms with E-state index in [0.29, 0.717) is 24.0 Å². The van der Waals surface area contributed by atoms with Crippen LogP contribution in [0.4, 0.5) is 17.6 Å². The number of hydrogen-bond acceptors (Lipinski definition) is 2. The molecule has 0 atom stereocenters. The number of rotatable bonds is 8. The Morgan fingerprint density at radius 3 is 1.32 bits per heavy atom. The molecule has 0 fully saturated rings. The van der Waals surface area contributed by atoms with Crippen molar-refractivity contribution >= 4 is 64.0 Å². The topological polar surface area (TPSA) is 34.1 Å². The summed E-state index contributed by atoms with van der Waals surface area (Å²) in [6, 6.07) is 15.2. The Kier molecular flexibility index (Phi) is 9.35. The molecule has 47 heavy (non-hydrogen) atoms. The molecular weight excluding hydrogens is 756 g/mol. The average molecular weight is 785 g/mol. The first-order valence-corrected chi connectivity index (χ1v) is 18.2. The highest BCUT2D eigenvalue weighted by Gasteiger charge is 2.25. The first kappa shape index (κ1) is 33.4. The summed E-state index contributed by atoms with van der Waals surface area (Å²) in [5, 5.41) is 0. The number of hydrogen-bond donors (Lipinski definition) is 0. The molecule has 2 nitrogen and oxygen atoms in total. The molecule has 240 valence electrons. The molecule has 0 spiro atoms. The maximum atomic E-state index is 15.5. The fourth-order valence-electron chi connectivity index (χ4n) is 6.05. The molecule has 0 amide bonds. The summed E-state index contributed by atoms with van der Waals surface area (Å²) >= 11 is 6.94. The zero-order valence-electron chi connectivity index (χ0n) is 25.4. The summed E-state index contributed by atoms with van der Waals surface area (Å²) in [7, 11) is -4.23. The lowest BCUT2D eigenvalue weighted by atomic mass is 9.93. The van der Waals surface area contributed by atoms with Gasteiger partial charge < -0.3 is 0 Å². The third-order valence-corrected chi connectivity index (χ3v) is 11.7. The number of benzene rings is 4. The molecule has 0 saturated heterocycles. The second kappa shape index (κ2) is 13.2. The third-order valence-electron chi connectivity index (χ3n) is 8.41. The zero-order chi connectivity index (χ0) is 33.6. The molecule has 4 aromatic carbocycles. The van der Waals surface area contributed by atoms with Crippen molar-refractivity contribution in [2.45, 2.75) is 38.2 Å². The highest BCUT2D eigenvalue weighted by Crippen LogP contribution is 2.41. The normalized spacial score (nSPS) is 14.6. The first-order valence-electron chi connectivity index (χ1n) is 14.8. The Labute approximate surface area is 288 Å². The van der Waals surface area contributed by atoms with E-state index in [4.69, 9.17) is 0 Å². The number of halogens is 6. The van der Waals surface area contributed by atoms with Crippen LogP contribution >= 0.6 is 31.9 Å². The van der Waals surface area contributed by atoms with Gasteiger partial charge in [0.2, 0.25) is 0 Å². The van der Waals surface area contributed by atoms with Crippen LogP contribution in [0.1, 0.15) is 57.3 Å². The molecule has 2 aliphatic rings. The standard InChI is InChI=1S/C38H28Br2F4O2S/c1-21-13-23(9-11-33(21)39)27-5-3-7-29(27)31-17-35(41)25(15-37(31)43)19-47(45,46)20-26-16-38(44)32(18-36(26)42)30-8-4-6-28(30)24-10-12-34(40)22(2)14-24/h5-18H,3-4,19-20H2,1-2H3. The molecule has 4 aromatic rings. The molecule has 0 radical (unpaired) electrons. The highest BCUT2D eigenvalue weighted by atomic mass is 79.9. The Morgan fingerprint density at radius 1 is 0.553 bits per heavy atom. The van der Waals surface area contributed by atoms with Gasteiger partial charge in [0.15, 0.2) is 9.84 Å². The van der Waals surface area contributed by atoms with Crippen molar-refractivity contribution in [3.05, 3.63) is 162 Å².